The molecule has 0 aliphatic heterocycles. The topological polar surface area (TPSA) is 127 Å². The van der Waals surface area contributed by atoms with Gasteiger partial charge in [-0.2, -0.15) is 0 Å². The summed E-state index contributed by atoms with van der Waals surface area (Å²) in [6.07, 6.45) is 1.34. The van der Waals surface area contributed by atoms with Gasteiger partial charge in [0, 0.05) is 47.4 Å². The number of hydrogen-bond donors (Lipinski definition) is 2. The van der Waals surface area contributed by atoms with Gasteiger partial charge < -0.3 is 10.6 Å². The maximum Gasteiger partial charge on any atom is 0.269 e. The van der Waals surface area contributed by atoms with E-state index in [1.807, 2.05) is 0 Å². The third-order valence-corrected chi connectivity index (χ3v) is 3.78. The van der Waals surface area contributed by atoms with Gasteiger partial charge in [0.15, 0.2) is 0 Å². The highest BCUT2D eigenvalue weighted by molar-refractivity contribution is 6.00. The third-order valence-electron chi connectivity index (χ3n) is 3.78. The lowest BCUT2D eigenvalue weighted by Gasteiger charge is -2.10. The third kappa shape index (κ3) is 5.11. The van der Waals surface area contributed by atoms with Crippen molar-refractivity contribution in [2.24, 2.45) is 0 Å². The summed E-state index contributed by atoms with van der Waals surface area (Å²) in [4.78, 5) is 32.7. The van der Waals surface area contributed by atoms with Crippen molar-refractivity contribution in [2.75, 3.05) is 10.6 Å². The molecule has 27 heavy (non-hydrogen) atoms. The van der Waals surface area contributed by atoms with Crippen molar-refractivity contribution in [3.63, 3.8) is 0 Å². The zero-order valence-electron chi connectivity index (χ0n) is 15.0. The molecular formula is C18H18N4O5. The molecule has 0 atom stereocenters. The number of aryl methyl sites for hydroxylation is 2. The minimum Gasteiger partial charge on any atom is -0.359 e. The van der Waals surface area contributed by atoms with Gasteiger partial charge in [0.2, 0.25) is 5.91 Å². The molecule has 2 aromatic rings. The Bertz CT molecular complexity index is 953. The Morgan fingerprint density at radius 2 is 1.33 bits per heavy atom. The molecule has 0 bridgehead atoms. The standard InChI is InChI=1S/C18H18N4O5/c1-11-8-14(21(24)25)4-6-16(11)19-13(3)10-18(23)20-17-7-5-15(22(26)27)9-12(17)2/h4-10,19H,1-3H3,(H,20,23). The van der Waals surface area contributed by atoms with E-state index in [0.29, 0.717) is 28.2 Å². The number of nitro benzene ring substituents is 2. The molecule has 0 unspecified atom stereocenters. The van der Waals surface area contributed by atoms with Gasteiger partial charge in [-0.1, -0.05) is 0 Å². The van der Waals surface area contributed by atoms with Gasteiger partial charge in [0.1, 0.15) is 0 Å². The molecule has 2 aromatic carbocycles. The molecule has 2 N–H and O–H groups in total. The SMILES string of the molecule is CC(=CC(=O)Nc1ccc([N+](=O)[O-])cc1C)Nc1ccc([N+](=O)[O-])cc1C. The number of nitro groups is 2. The lowest BCUT2D eigenvalue weighted by Crippen LogP contribution is -2.11. The molecule has 0 fully saturated rings. The monoisotopic (exact) mass is 370 g/mol. The first-order valence-electron chi connectivity index (χ1n) is 7.94. The summed E-state index contributed by atoms with van der Waals surface area (Å²) in [7, 11) is 0. The van der Waals surface area contributed by atoms with Crippen LogP contribution in [0, 0.1) is 34.1 Å². The van der Waals surface area contributed by atoms with E-state index in [1.165, 1.54) is 36.4 Å². The molecular weight excluding hydrogens is 352 g/mol. The molecule has 0 aliphatic carbocycles. The normalized spacial score (nSPS) is 11.0. The molecule has 0 saturated carbocycles. The number of amides is 1. The highest BCUT2D eigenvalue weighted by Crippen LogP contribution is 2.23. The molecule has 0 radical (unpaired) electrons. The summed E-state index contributed by atoms with van der Waals surface area (Å²) < 4.78 is 0. The Morgan fingerprint density at radius 3 is 1.74 bits per heavy atom. The first kappa shape index (κ1) is 19.6. The Kier molecular flexibility index (Phi) is 5.86. The first-order valence-corrected chi connectivity index (χ1v) is 7.94. The summed E-state index contributed by atoms with van der Waals surface area (Å²) in [5.41, 5.74) is 2.84. The number of hydrogen-bond acceptors (Lipinski definition) is 6. The van der Waals surface area contributed by atoms with Crippen LogP contribution in [0.2, 0.25) is 0 Å². The van der Waals surface area contributed by atoms with Crippen molar-refractivity contribution < 1.29 is 14.6 Å². The van der Waals surface area contributed by atoms with Gasteiger partial charge >= 0.3 is 0 Å². The van der Waals surface area contributed by atoms with E-state index in [0.717, 1.165) is 0 Å². The van der Waals surface area contributed by atoms with Gasteiger partial charge in [0.05, 0.1) is 9.85 Å². The molecule has 0 saturated heterocycles. The zero-order valence-corrected chi connectivity index (χ0v) is 15.0. The maximum absolute atomic E-state index is 12.2. The fourth-order valence-electron chi connectivity index (χ4n) is 2.42. The minimum atomic E-state index is -0.501. The summed E-state index contributed by atoms with van der Waals surface area (Å²) >= 11 is 0. The maximum atomic E-state index is 12.2. The molecule has 140 valence electrons. The van der Waals surface area contributed by atoms with Crippen molar-refractivity contribution in [1.29, 1.82) is 0 Å². The molecule has 1 amide bonds. The molecule has 9 nitrogen and oxygen atoms in total. The second-order valence-corrected chi connectivity index (χ2v) is 5.95. The predicted molar refractivity (Wildman–Crippen MR) is 102 cm³/mol. The average molecular weight is 370 g/mol. The van der Waals surface area contributed by atoms with Gasteiger partial charge in [-0.3, -0.25) is 25.0 Å². The molecule has 9 heteroatoms. The smallest absolute Gasteiger partial charge is 0.269 e. The molecule has 0 aliphatic rings. The highest BCUT2D eigenvalue weighted by atomic mass is 16.6. The summed E-state index contributed by atoms with van der Waals surface area (Å²) in [6, 6.07) is 8.56. The van der Waals surface area contributed by atoms with Crippen LogP contribution in [-0.2, 0) is 4.79 Å². The first-order chi connectivity index (χ1) is 12.7. The van der Waals surface area contributed by atoms with Crippen LogP contribution in [0.15, 0.2) is 48.2 Å². The van der Waals surface area contributed by atoms with Crippen LogP contribution in [0.1, 0.15) is 18.1 Å². The predicted octanol–water partition coefficient (Wildman–Crippen LogP) is 4.07. The Hall–Kier alpha value is -3.75. The molecule has 2 rings (SSSR count). The van der Waals surface area contributed by atoms with Crippen molar-refractivity contribution in [1.82, 2.24) is 0 Å². The van der Waals surface area contributed by atoms with Crippen LogP contribution < -0.4 is 10.6 Å². The van der Waals surface area contributed by atoms with Crippen LogP contribution in [0.3, 0.4) is 0 Å². The van der Waals surface area contributed by atoms with Crippen molar-refractivity contribution >= 4 is 28.7 Å². The van der Waals surface area contributed by atoms with E-state index in [4.69, 9.17) is 0 Å². The van der Waals surface area contributed by atoms with Gasteiger partial charge in [-0.15, -0.1) is 0 Å². The number of nitrogens with one attached hydrogen (secondary N) is 2. The van der Waals surface area contributed by atoms with Crippen LogP contribution in [0.25, 0.3) is 0 Å². The fraction of sp³-hybridized carbons (Fsp3) is 0.167. The summed E-state index contributed by atoms with van der Waals surface area (Å²) in [5, 5.41) is 27.2. The average Bonchev–Trinajstić information content (AvgIpc) is 2.58. The summed E-state index contributed by atoms with van der Waals surface area (Å²) in [5.74, 6) is -0.406. The number of benzene rings is 2. The van der Waals surface area contributed by atoms with Gasteiger partial charge in [-0.05, 0) is 44.0 Å². The van der Waals surface area contributed by atoms with E-state index in [2.05, 4.69) is 10.6 Å². The largest absolute Gasteiger partial charge is 0.359 e. The Balaban J connectivity index is 2.09. The molecule has 0 aromatic heterocycles. The van der Waals surface area contributed by atoms with E-state index in [-0.39, 0.29) is 11.4 Å². The molecule has 0 heterocycles. The highest BCUT2D eigenvalue weighted by Gasteiger charge is 2.11. The zero-order chi connectivity index (χ0) is 20.1. The number of nitrogens with zero attached hydrogens (tertiary/aromatic N) is 2. The van der Waals surface area contributed by atoms with Crippen LogP contribution >= 0.6 is 0 Å². The number of carbonyl (C=O) groups excluding carboxylic acids is 1. The molecule has 0 spiro atoms. The van der Waals surface area contributed by atoms with Crippen molar-refractivity contribution in [2.45, 2.75) is 20.8 Å². The Morgan fingerprint density at radius 1 is 0.889 bits per heavy atom. The van der Waals surface area contributed by atoms with E-state index < -0.39 is 15.8 Å². The number of non-ortho nitro benzene ring substituents is 2. The fourth-order valence-corrected chi connectivity index (χ4v) is 2.42. The second kappa shape index (κ2) is 8.09. The summed E-state index contributed by atoms with van der Waals surface area (Å²) in [6.45, 7) is 5.07. The number of allylic oxidation sites excluding steroid dienone is 1. The van der Waals surface area contributed by atoms with E-state index in [1.54, 1.807) is 26.8 Å². The lowest BCUT2D eigenvalue weighted by molar-refractivity contribution is -0.385. The van der Waals surface area contributed by atoms with E-state index in [9.17, 15) is 25.0 Å². The van der Waals surface area contributed by atoms with Gasteiger partial charge in [-0.25, -0.2) is 0 Å². The quantitative estimate of drug-likeness (QED) is 0.448. The number of anilines is 2. The van der Waals surface area contributed by atoms with Crippen LogP contribution in [-0.4, -0.2) is 15.8 Å². The van der Waals surface area contributed by atoms with Gasteiger partial charge in [0.25, 0.3) is 11.4 Å². The van der Waals surface area contributed by atoms with Crippen molar-refractivity contribution in [3.05, 3.63) is 79.5 Å². The van der Waals surface area contributed by atoms with Crippen molar-refractivity contribution in [3.8, 4) is 0 Å². The number of carbonyl (C=O) groups is 1. The minimum absolute atomic E-state index is 0.00827. The number of rotatable bonds is 6. The second-order valence-electron chi connectivity index (χ2n) is 5.95. The van der Waals surface area contributed by atoms with Crippen LogP contribution in [0.5, 0.6) is 0 Å². The van der Waals surface area contributed by atoms with Crippen LogP contribution in [0.4, 0.5) is 22.7 Å². The lowest BCUT2D eigenvalue weighted by atomic mass is 10.1. The Labute approximate surface area is 155 Å². The van der Waals surface area contributed by atoms with E-state index >= 15 is 0 Å².